The van der Waals surface area contributed by atoms with Gasteiger partial charge in [0.2, 0.25) is 0 Å². The topological polar surface area (TPSA) is 74.3 Å². The van der Waals surface area contributed by atoms with Gasteiger partial charge in [-0.25, -0.2) is 18.4 Å². The summed E-state index contributed by atoms with van der Waals surface area (Å²) < 4.78 is 88.1. The molecule has 0 aromatic heterocycles. The molecular weight excluding hydrogens is 584 g/mol. The first-order valence-corrected chi connectivity index (χ1v) is 10.3. The highest BCUT2D eigenvalue weighted by Gasteiger charge is 2.35. The van der Waals surface area contributed by atoms with E-state index in [-0.39, 0.29) is 48.2 Å². The predicted octanol–water partition coefficient (Wildman–Crippen LogP) is 4.77. The Hall–Kier alpha value is -2.94. The summed E-state index contributed by atoms with van der Waals surface area (Å²) in [7, 11) is 2.18. The van der Waals surface area contributed by atoms with Crippen LogP contribution >= 0.6 is 22.6 Å². The monoisotopic (exact) mass is 599 g/mol. The number of anilines is 1. The summed E-state index contributed by atoms with van der Waals surface area (Å²) >= 11 is 1.92. The van der Waals surface area contributed by atoms with Gasteiger partial charge in [-0.3, -0.25) is 0 Å². The molecule has 0 aliphatic carbocycles. The summed E-state index contributed by atoms with van der Waals surface area (Å²) in [5, 5.41) is 0. The van der Waals surface area contributed by atoms with Crippen LogP contribution in [0.25, 0.3) is 0 Å². The highest BCUT2D eigenvalue weighted by atomic mass is 127. The van der Waals surface area contributed by atoms with Gasteiger partial charge in [0.05, 0.1) is 37.7 Å². The van der Waals surface area contributed by atoms with E-state index in [1.165, 1.54) is 23.1 Å². The molecule has 2 aromatic rings. The lowest BCUT2D eigenvalue weighted by Crippen LogP contribution is -2.39. The molecule has 1 aliphatic heterocycles. The van der Waals surface area contributed by atoms with Crippen LogP contribution in [-0.4, -0.2) is 39.5 Å². The third-order valence-electron chi connectivity index (χ3n) is 4.58. The largest absolute Gasteiger partial charge is 0.466 e. The Morgan fingerprint density at radius 2 is 1.65 bits per heavy atom. The van der Waals surface area contributed by atoms with Crippen LogP contribution in [0.15, 0.2) is 41.6 Å². The SMILES string of the molecule is COC(=O)C1=C(C(=O)OC)N(c2cc(I)ccc2Oc2c(F)cc(C(F)(F)F)cc2F)COC1. The zero-order valence-corrected chi connectivity index (χ0v) is 19.6. The maximum atomic E-state index is 14.4. The molecular formula is C21H15F5INO6. The average molecular weight is 599 g/mol. The smallest absolute Gasteiger partial charge is 0.416 e. The number of alkyl halides is 3. The molecule has 0 N–H and O–H groups in total. The van der Waals surface area contributed by atoms with E-state index in [9.17, 15) is 31.5 Å². The van der Waals surface area contributed by atoms with Gasteiger partial charge < -0.3 is 23.8 Å². The molecule has 0 unspecified atom stereocenters. The standard InChI is InChI=1S/C21H15F5INO6/c1-31-19(29)12-8-33-9-28(17(12)20(30)32-2)15-7-11(27)3-4-16(15)34-18-13(22)5-10(6-14(18)23)21(24,25)26/h3-7H,8-9H2,1-2H3. The fraction of sp³-hybridized carbons (Fsp3) is 0.238. The molecule has 0 bridgehead atoms. The Bertz CT molecular complexity index is 1140. The van der Waals surface area contributed by atoms with Crippen LogP contribution in [0.4, 0.5) is 27.6 Å². The molecule has 0 radical (unpaired) electrons. The van der Waals surface area contributed by atoms with Crippen LogP contribution in [0.5, 0.6) is 11.5 Å². The molecule has 7 nitrogen and oxygen atoms in total. The van der Waals surface area contributed by atoms with Crippen LogP contribution in [0.2, 0.25) is 0 Å². The highest BCUT2D eigenvalue weighted by Crippen LogP contribution is 2.40. The van der Waals surface area contributed by atoms with E-state index in [0.29, 0.717) is 3.57 Å². The minimum atomic E-state index is -4.97. The summed E-state index contributed by atoms with van der Waals surface area (Å²) in [5.74, 6) is -6.32. The van der Waals surface area contributed by atoms with Gasteiger partial charge in [-0.1, -0.05) is 0 Å². The first-order chi connectivity index (χ1) is 16.0. The fourth-order valence-corrected chi connectivity index (χ4v) is 3.53. The number of carbonyl (C=O) groups is 2. The minimum absolute atomic E-state index is 0.0205. The first kappa shape index (κ1) is 25.7. The summed E-state index contributed by atoms with van der Waals surface area (Å²) in [6.07, 6.45) is -4.97. The van der Waals surface area contributed by atoms with E-state index in [1.807, 2.05) is 22.6 Å². The van der Waals surface area contributed by atoms with Crippen molar-refractivity contribution in [2.24, 2.45) is 0 Å². The van der Waals surface area contributed by atoms with Gasteiger partial charge >= 0.3 is 18.1 Å². The van der Waals surface area contributed by atoms with Crippen molar-refractivity contribution in [2.75, 3.05) is 32.5 Å². The molecule has 34 heavy (non-hydrogen) atoms. The molecule has 0 spiro atoms. The van der Waals surface area contributed by atoms with Gasteiger partial charge in [0.25, 0.3) is 0 Å². The third-order valence-corrected chi connectivity index (χ3v) is 5.25. The molecule has 182 valence electrons. The molecule has 0 saturated heterocycles. The van der Waals surface area contributed by atoms with Crippen molar-refractivity contribution in [1.29, 1.82) is 0 Å². The van der Waals surface area contributed by atoms with Crippen LogP contribution in [0, 0.1) is 15.2 Å². The van der Waals surface area contributed by atoms with E-state index in [4.69, 9.17) is 14.2 Å². The number of nitrogens with zero attached hydrogens (tertiary/aromatic N) is 1. The maximum absolute atomic E-state index is 14.4. The number of methoxy groups -OCH3 is 2. The number of hydrogen-bond donors (Lipinski definition) is 0. The summed E-state index contributed by atoms with van der Waals surface area (Å²) in [5.41, 5.74) is -1.95. The van der Waals surface area contributed by atoms with Crippen molar-refractivity contribution in [2.45, 2.75) is 6.18 Å². The average Bonchev–Trinajstić information content (AvgIpc) is 2.79. The van der Waals surface area contributed by atoms with Gasteiger partial charge in [0, 0.05) is 3.57 Å². The Kier molecular flexibility index (Phi) is 7.65. The molecule has 1 aliphatic rings. The van der Waals surface area contributed by atoms with Crippen molar-refractivity contribution < 1.29 is 50.5 Å². The fourth-order valence-electron chi connectivity index (χ4n) is 3.05. The Morgan fingerprint density at radius 3 is 2.21 bits per heavy atom. The molecule has 0 atom stereocenters. The Morgan fingerprint density at radius 1 is 1.03 bits per heavy atom. The molecule has 3 rings (SSSR count). The second-order valence-corrected chi connectivity index (χ2v) is 7.94. The number of esters is 2. The lowest BCUT2D eigenvalue weighted by atomic mass is 10.1. The van der Waals surface area contributed by atoms with Crippen molar-refractivity contribution in [3.63, 3.8) is 0 Å². The molecule has 0 amide bonds. The number of ether oxygens (including phenoxy) is 4. The van der Waals surface area contributed by atoms with Gasteiger partial charge in [-0.15, -0.1) is 0 Å². The molecule has 13 heteroatoms. The third kappa shape index (κ3) is 5.24. The van der Waals surface area contributed by atoms with Gasteiger partial charge in [-0.05, 0) is 52.9 Å². The minimum Gasteiger partial charge on any atom is -0.466 e. The summed E-state index contributed by atoms with van der Waals surface area (Å²) in [6.45, 7) is -0.574. The molecule has 0 fully saturated rings. The molecule has 2 aromatic carbocycles. The van der Waals surface area contributed by atoms with E-state index in [1.54, 1.807) is 0 Å². The van der Waals surface area contributed by atoms with Crippen LogP contribution in [0.1, 0.15) is 5.56 Å². The summed E-state index contributed by atoms with van der Waals surface area (Å²) in [6, 6.07) is 4.43. The number of carbonyl (C=O) groups excluding carboxylic acids is 2. The maximum Gasteiger partial charge on any atom is 0.416 e. The van der Waals surface area contributed by atoms with Crippen molar-refractivity contribution in [1.82, 2.24) is 0 Å². The zero-order chi connectivity index (χ0) is 25.2. The number of benzene rings is 2. The van der Waals surface area contributed by atoms with Crippen LogP contribution < -0.4 is 9.64 Å². The van der Waals surface area contributed by atoms with Crippen molar-refractivity contribution >= 4 is 40.2 Å². The Labute approximate surface area is 203 Å². The van der Waals surface area contributed by atoms with Crippen LogP contribution in [0.3, 0.4) is 0 Å². The van der Waals surface area contributed by atoms with Crippen molar-refractivity contribution in [3.8, 4) is 11.5 Å². The normalized spacial score (nSPS) is 14.2. The molecule has 0 saturated carbocycles. The first-order valence-electron chi connectivity index (χ1n) is 9.26. The van der Waals surface area contributed by atoms with E-state index in [2.05, 4.69) is 4.74 Å². The zero-order valence-electron chi connectivity index (χ0n) is 17.5. The number of hydrogen-bond acceptors (Lipinski definition) is 7. The number of rotatable bonds is 5. The van der Waals surface area contributed by atoms with Gasteiger partial charge in [0.1, 0.15) is 12.4 Å². The second kappa shape index (κ2) is 10.1. The lowest BCUT2D eigenvalue weighted by Gasteiger charge is -2.32. The Balaban J connectivity index is 2.13. The highest BCUT2D eigenvalue weighted by molar-refractivity contribution is 14.1. The van der Waals surface area contributed by atoms with Crippen LogP contribution in [-0.2, 0) is 30.0 Å². The number of halogens is 6. The van der Waals surface area contributed by atoms with Gasteiger partial charge in [-0.2, -0.15) is 13.2 Å². The lowest BCUT2D eigenvalue weighted by molar-refractivity contribution is -0.140. The van der Waals surface area contributed by atoms with Crippen molar-refractivity contribution in [3.05, 3.63) is 62.4 Å². The van der Waals surface area contributed by atoms with E-state index >= 15 is 0 Å². The predicted molar refractivity (Wildman–Crippen MR) is 115 cm³/mol. The van der Waals surface area contributed by atoms with Gasteiger partial charge in [0.15, 0.2) is 23.1 Å². The quantitative estimate of drug-likeness (QED) is 0.279. The van der Waals surface area contributed by atoms with E-state index < -0.39 is 41.1 Å². The second-order valence-electron chi connectivity index (χ2n) is 6.70. The summed E-state index contributed by atoms with van der Waals surface area (Å²) in [4.78, 5) is 25.9. The molecule has 1 heterocycles. The van der Waals surface area contributed by atoms with E-state index in [0.717, 1.165) is 14.2 Å².